The van der Waals surface area contributed by atoms with Gasteiger partial charge in [-0.3, -0.25) is 14.6 Å². The third-order valence-corrected chi connectivity index (χ3v) is 5.93. The molecule has 33 heavy (non-hydrogen) atoms. The van der Waals surface area contributed by atoms with Crippen molar-refractivity contribution in [2.24, 2.45) is 5.92 Å². The molecule has 10 heteroatoms. The van der Waals surface area contributed by atoms with Gasteiger partial charge < -0.3 is 14.8 Å². The topological polar surface area (TPSA) is 77.5 Å². The monoisotopic (exact) mass is 468 g/mol. The minimum Gasteiger partial charge on any atom is -0.431 e. The van der Waals surface area contributed by atoms with Crippen LogP contribution in [0.2, 0.25) is 0 Å². The van der Waals surface area contributed by atoms with Gasteiger partial charge in [-0.2, -0.15) is 13.2 Å². The Morgan fingerprint density at radius 1 is 1.24 bits per heavy atom. The molecule has 0 bridgehead atoms. The van der Waals surface area contributed by atoms with Crippen molar-refractivity contribution in [2.45, 2.75) is 58.4 Å². The summed E-state index contributed by atoms with van der Waals surface area (Å²) in [4.78, 5) is 29.1. The first-order valence-corrected chi connectivity index (χ1v) is 10.4. The molecule has 1 amide bonds. The fourth-order valence-corrected chi connectivity index (χ4v) is 3.93. The number of halogens is 4. The van der Waals surface area contributed by atoms with Gasteiger partial charge in [0.15, 0.2) is 17.3 Å². The molecule has 1 saturated heterocycles. The number of ketones is 1. The summed E-state index contributed by atoms with van der Waals surface area (Å²) < 4.78 is 64.4. The number of anilines is 1. The molecule has 2 heterocycles. The van der Waals surface area contributed by atoms with E-state index in [9.17, 15) is 27.2 Å². The highest BCUT2D eigenvalue weighted by molar-refractivity contribution is 5.98. The molecular formula is C23H24F4N2O4. The fraction of sp³-hybridized carbons (Fsp3) is 0.435. The quantitative estimate of drug-likeness (QED) is 0.453. The number of alkyl halides is 2. The van der Waals surface area contributed by atoms with E-state index in [4.69, 9.17) is 4.74 Å². The lowest BCUT2D eigenvalue weighted by molar-refractivity contribution is -0.131. The molecule has 3 atom stereocenters. The number of hydrogen-bond donors (Lipinski definition) is 1. The number of pyridine rings is 1. The molecule has 0 unspecified atom stereocenters. The number of amides is 1. The maximum atomic E-state index is 14.4. The lowest BCUT2D eigenvalue weighted by Crippen LogP contribution is -2.33. The molecule has 1 aromatic carbocycles. The maximum absolute atomic E-state index is 14.4. The van der Waals surface area contributed by atoms with E-state index >= 15 is 0 Å². The Bertz CT molecular complexity index is 1060. The fourth-order valence-electron chi connectivity index (χ4n) is 3.93. The van der Waals surface area contributed by atoms with Crippen molar-refractivity contribution in [3.05, 3.63) is 53.4 Å². The van der Waals surface area contributed by atoms with Crippen LogP contribution in [0.25, 0.3) is 0 Å². The van der Waals surface area contributed by atoms with Crippen LogP contribution < -0.4 is 10.1 Å². The summed E-state index contributed by atoms with van der Waals surface area (Å²) in [6.45, 7) is 3.41. The van der Waals surface area contributed by atoms with Crippen LogP contribution in [0.5, 0.6) is 5.75 Å². The summed E-state index contributed by atoms with van der Waals surface area (Å²) in [7, 11) is 0. The van der Waals surface area contributed by atoms with Crippen LogP contribution >= 0.6 is 0 Å². The molecule has 0 spiro atoms. The number of nitrogens with zero attached hydrogens (tertiary/aromatic N) is 1. The Balaban J connectivity index is 1.99. The number of carbonyl (C=O) groups is 2. The predicted molar refractivity (Wildman–Crippen MR) is 111 cm³/mol. The average molecular weight is 468 g/mol. The van der Waals surface area contributed by atoms with Gasteiger partial charge in [0.2, 0.25) is 5.82 Å². The van der Waals surface area contributed by atoms with Crippen molar-refractivity contribution in [1.29, 1.82) is 0 Å². The van der Waals surface area contributed by atoms with E-state index < -0.39 is 53.4 Å². The van der Waals surface area contributed by atoms with Crippen molar-refractivity contribution in [3.63, 3.8) is 0 Å². The lowest BCUT2D eigenvalue weighted by atomic mass is 9.78. The van der Waals surface area contributed by atoms with E-state index in [0.29, 0.717) is 0 Å². The van der Waals surface area contributed by atoms with E-state index in [1.54, 1.807) is 27.7 Å². The zero-order valence-electron chi connectivity index (χ0n) is 18.5. The number of Topliss-reactive ketones (excluding diaryl/α,β-unsaturated/α-hetero) is 1. The third kappa shape index (κ3) is 5.00. The highest BCUT2D eigenvalue weighted by Crippen LogP contribution is 2.49. The van der Waals surface area contributed by atoms with Gasteiger partial charge in [-0.25, -0.2) is 4.39 Å². The van der Waals surface area contributed by atoms with Crippen LogP contribution in [0, 0.1) is 17.6 Å². The number of carbonyl (C=O) groups excluding carboxylic acids is 2. The largest absolute Gasteiger partial charge is 0.431 e. The van der Waals surface area contributed by atoms with Crippen LogP contribution in [0.1, 0.15) is 56.1 Å². The van der Waals surface area contributed by atoms with Gasteiger partial charge in [0.05, 0.1) is 5.60 Å². The second-order valence-electron chi connectivity index (χ2n) is 8.31. The van der Waals surface area contributed by atoms with Gasteiger partial charge in [0.1, 0.15) is 11.8 Å². The first-order valence-electron chi connectivity index (χ1n) is 10.4. The number of ether oxygens (including phenoxy) is 2. The summed E-state index contributed by atoms with van der Waals surface area (Å²) in [5.41, 5.74) is -0.563. The molecule has 6 nitrogen and oxygen atoms in total. The maximum Gasteiger partial charge on any atom is 0.387 e. The predicted octanol–water partition coefficient (Wildman–Crippen LogP) is 5.09. The second kappa shape index (κ2) is 9.46. The van der Waals surface area contributed by atoms with Crippen molar-refractivity contribution >= 4 is 17.4 Å². The van der Waals surface area contributed by atoms with E-state index in [0.717, 1.165) is 12.1 Å². The number of aromatic nitrogens is 1. The van der Waals surface area contributed by atoms with Crippen LogP contribution in [0.3, 0.4) is 0 Å². The Morgan fingerprint density at radius 2 is 1.94 bits per heavy atom. The summed E-state index contributed by atoms with van der Waals surface area (Å²) in [5, 5.41) is 2.63. The van der Waals surface area contributed by atoms with Crippen molar-refractivity contribution in [2.75, 3.05) is 5.32 Å². The van der Waals surface area contributed by atoms with Crippen LogP contribution in [-0.4, -0.2) is 35.0 Å². The number of benzene rings is 1. The van der Waals surface area contributed by atoms with Gasteiger partial charge >= 0.3 is 6.61 Å². The molecule has 3 rings (SSSR count). The van der Waals surface area contributed by atoms with Crippen LogP contribution in [-0.2, 0) is 9.53 Å². The number of rotatable bonds is 7. The number of nitrogens with one attached hydrogen (secondary N) is 1. The first kappa shape index (κ1) is 24.6. The van der Waals surface area contributed by atoms with E-state index in [2.05, 4.69) is 15.0 Å². The van der Waals surface area contributed by atoms with Gasteiger partial charge in [-0.05, 0) is 38.0 Å². The SMILES string of the molecule is CCC(=O)c1cc(NC(=O)[C@@H]2OC(C)(C)[C@@H](C)[C@H]2c2ccc(F)c(F)c2OC(F)F)ccn1. The molecule has 2 aromatic rings. The molecule has 0 saturated carbocycles. The van der Waals surface area contributed by atoms with Gasteiger partial charge in [-0.1, -0.05) is 19.9 Å². The Morgan fingerprint density at radius 3 is 2.58 bits per heavy atom. The Hall–Kier alpha value is -3.01. The summed E-state index contributed by atoms with van der Waals surface area (Å²) in [5.74, 6) is -6.14. The zero-order valence-corrected chi connectivity index (χ0v) is 18.5. The molecule has 0 aliphatic carbocycles. The normalized spacial score (nSPS) is 21.8. The highest BCUT2D eigenvalue weighted by Gasteiger charge is 2.51. The minimum atomic E-state index is -3.40. The van der Waals surface area contributed by atoms with E-state index in [-0.39, 0.29) is 29.1 Å². The molecular weight excluding hydrogens is 444 g/mol. The van der Waals surface area contributed by atoms with E-state index in [1.165, 1.54) is 18.3 Å². The summed E-state index contributed by atoms with van der Waals surface area (Å²) in [6, 6.07) is 4.80. The average Bonchev–Trinajstić information content (AvgIpc) is 3.00. The molecule has 1 aliphatic heterocycles. The van der Waals surface area contributed by atoms with Gasteiger partial charge in [0.25, 0.3) is 5.91 Å². The van der Waals surface area contributed by atoms with E-state index in [1.807, 2.05) is 0 Å². The van der Waals surface area contributed by atoms with Gasteiger partial charge in [-0.15, -0.1) is 0 Å². The lowest BCUT2D eigenvalue weighted by Gasteiger charge is -2.26. The first-order chi connectivity index (χ1) is 15.5. The molecule has 1 aromatic heterocycles. The third-order valence-electron chi connectivity index (χ3n) is 5.93. The van der Waals surface area contributed by atoms with Crippen LogP contribution in [0.4, 0.5) is 23.2 Å². The number of hydrogen-bond acceptors (Lipinski definition) is 5. The molecule has 178 valence electrons. The molecule has 1 fully saturated rings. The smallest absolute Gasteiger partial charge is 0.387 e. The molecule has 1 N–H and O–H groups in total. The van der Waals surface area contributed by atoms with Crippen molar-refractivity contribution in [3.8, 4) is 5.75 Å². The standard InChI is InChI=1S/C23H24F4N2O4/c1-5-16(30)15-10-12(8-9-28-15)29-21(31)20-17(11(2)23(3,4)33-20)13-6-7-14(24)18(25)19(13)32-22(26)27/h6-11,17,20,22H,5H2,1-4H3,(H,28,29,31)/t11-,17-,20+/m0/s1. The van der Waals surface area contributed by atoms with Gasteiger partial charge in [0, 0.05) is 29.8 Å². The highest BCUT2D eigenvalue weighted by atomic mass is 19.3. The molecule has 1 aliphatic rings. The van der Waals surface area contributed by atoms with Crippen LogP contribution in [0.15, 0.2) is 30.5 Å². The minimum absolute atomic E-state index is 0.107. The summed E-state index contributed by atoms with van der Waals surface area (Å²) in [6.07, 6.45) is 0.355. The van der Waals surface area contributed by atoms with Crippen molar-refractivity contribution in [1.82, 2.24) is 4.98 Å². The Labute approximate surface area is 188 Å². The second-order valence-corrected chi connectivity index (χ2v) is 8.31. The summed E-state index contributed by atoms with van der Waals surface area (Å²) >= 11 is 0. The zero-order chi connectivity index (χ0) is 24.5. The molecule has 0 radical (unpaired) electrons. The Kier molecular flexibility index (Phi) is 7.06. The van der Waals surface area contributed by atoms with Crippen molar-refractivity contribution < 1.29 is 36.6 Å².